The Bertz CT molecular complexity index is 615. The number of carbonyl (C=O) groups excluding carboxylic acids is 1. The maximum atomic E-state index is 12.1. The molecule has 2 rings (SSSR count). The van der Waals surface area contributed by atoms with E-state index in [4.69, 9.17) is 9.47 Å². The number of methoxy groups -OCH3 is 2. The largest absolute Gasteiger partial charge is 0.493 e. The first-order valence-electron chi connectivity index (χ1n) is 6.09. The smallest absolute Gasteiger partial charge is 0.257 e. The van der Waals surface area contributed by atoms with Gasteiger partial charge in [0.05, 0.1) is 14.2 Å². The number of benzene rings is 1. The Labute approximate surface area is 117 Å². The molecule has 0 unspecified atom stereocenters. The summed E-state index contributed by atoms with van der Waals surface area (Å²) in [6, 6.07) is 6.80. The Morgan fingerprint density at radius 2 is 1.90 bits per heavy atom. The number of rotatable bonds is 4. The zero-order chi connectivity index (χ0) is 14.7. The molecule has 6 heteroatoms. The number of carbonyl (C=O) groups is 1. The number of amides is 1. The number of aryl methyl sites for hydroxylation is 2. The second-order valence-corrected chi connectivity index (χ2v) is 4.32. The van der Waals surface area contributed by atoms with E-state index in [1.165, 1.54) is 7.11 Å². The molecule has 0 radical (unpaired) electrons. The fourth-order valence-electron chi connectivity index (χ4n) is 1.79. The summed E-state index contributed by atoms with van der Waals surface area (Å²) in [6.45, 7) is 1.92. The van der Waals surface area contributed by atoms with Crippen molar-refractivity contribution in [2.45, 2.75) is 6.92 Å². The fraction of sp³-hybridized carbons (Fsp3) is 0.286. The maximum Gasteiger partial charge on any atom is 0.257 e. The van der Waals surface area contributed by atoms with Crippen molar-refractivity contribution < 1.29 is 14.3 Å². The highest BCUT2D eigenvalue weighted by molar-refractivity contribution is 6.04. The second-order valence-electron chi connectivity index (χ2n) is 4.32. The standard InChI is InChI=1S/C14H17N3O3/c1-9-7-13(16-17(9)2)15-14(18)10-5-6-11(19-3)12(8-10)20-4/h5-8H,1-4H3,(H,15,16,18). The minimum absolute atomic E-state index is 0.246. The van der Waals surface area contributed by atoms with E-state index < -0.39 is 0 Å². The van der Waals surface area contributed by atoms with E-state index in [1.807, 2.05) is 14.0 Å². The van der Waals surface area contributed by atoms with Crippen LogP contribution in [-0.4, -0.2) is 29.9 Å². The minimum Gasteiger partial charge on any atom is -0.493 e. The lowest BCUT2D eigenvalue weighted by Crippen LogP contribution is -2.12. The van der Waals surface area contributed by atoms with Crippen molar-refractivity contribution in [3.05, 3.63) is 35.5 Å². The molecule has 1 N–H and O–H groups in total. The number of hydrogen-bond acceptors (Lipinski definition) is 4. The van der Waals surface area contributed by atoms with Gasteiger partial charge in [0, 0.05) is 24.4 Å². The molecule has 0 atom stereocenters. The van der Waals surface area contributed by atoms with E-state index in [0.717, 1.165) is 5.69 Å². The lowest BCUT2D eigenvalue weighted by molar-refractivity contribution is 0.102. The van der Waals surface area contributed by atoms with Crippen LogP contribution in [0.3, 0.4) is 0 Å². The highest BCUT2D eigenvalue weighted by Crippen LogP contribution is 2.27. The van der Waals surface area contributed by atoms with Crippen molar-refractivity contribution in [3.63, 3.8) is 0 Å². The number of hydrogen-bond donors (Lipinski definition) is 1. The van der Waals surface area contributed by atoms with E-state index in [0.29, 0.717) is 22.9 Å². The van der Waals surface area contributed by atoms with Crippen LogP contribution in [0.15, 0.2) is 24.3 Å². The topological polar surface area (TPSA) is 65.4 Å². The highest BCUT2D eigenvalue weighted by Gasteiger charge is 2.12. The fourth-order valence-corrected chi connectivity index (χ4v) is 1.79. The SMILES string of the molecule is COc1ccc(C(=O)Nc2cc(C)n(C)n2)cc1OC. The molecule has 0 aliphatic carbocycles. The zero-order valence-corrected chi connectivity index (χ0v) is 11.9. The summed E-state index contributed by atoms with van der Waals surface area (Å²) in [5, 5.41) is 6.92. The van der Waals surface area contributed by atoms with Crippen LogP contribution < -0.4 is 14.8 Å². The molecule has 1 amide bonds. The summed E-state index contributed by atoms with van der Waals surface area (Å²) in [6.07, 6.45) is 0. The van der Waals surface area contributed by atoms with Crippen LogP contribution >= 0.6 is 0 Å². The number of nitrogens with one attached hydrogen (secondary N) is 1. The Morgan fingerprint density at radius 1 is 1.20 bits per heavy atom. The zero-order valence-electron chi connectivity index (χ0n) is 11.9. The predicted molar refractivity (Wildman–Crippen MR) is 75.4 cm³/mol. The Morgan fingerprint density at radius 3 is 2.45 bits per heavy atom. The van der Waals surface area contributed by atoms with Gasteiger partial charge in [-0.25, -0.2) is 0 Å². The van der Waals surface area contributed by atoms with Gasteiger partial charge in [-0.1, -0.05) is 0 Å². The molecule has 20 heavy (non-hydrogen) atoms. The van der Waals surface area contributed by atoms with Crippen molar-refractivity contribution in [2.75, 3.05) is 19.5 Å². The van der Waals surface area contributed by atoms with Gasteiger partial charge in [0.15, 0.2) is 17.3 Å². The normalized spacial score (nSPS) is 10.2. The summed E-state index contributed by atoms with van der Waals surface area (Å²) < 4.78 is 12.0. The molecule has 0 spiro atoms. The molecule has 0 aliphatic heterocycles. The molecule has 1 aromatic heterocycles. The van der Waals surface area contributed by atoms with Crippen LogP contribution in [0, 0.1) is 6.92 Å². The minimum atomic E-state index is -0.246. The summed E-state index contributed by atoms with van der Waals surface area (Å²) in [4.78, 5) is 12.1. The molecule has 6 nitrogen and oxygen atoms in total. The van der Waals surface area contributed by atoms with E-state index in [2.05, 4.69) is 10.4 Å². The number of aromatic nitrogens is 2. The average Bonchev–Trinajstić information content (AvgIpc) is 2.76. The van der Waals surface area contributed by atoms with Crippen molar-refractivity contribution in [1.29, 1.82) is 0 Å². The molecular weight excluding hydrogens is 258 g/mol. The second kappa shape index (κ2) is 5.64. The van der Waals surface area contributed by atoms with Gasteiger partial charge in [0.1, 0.15) is 0 Å². The molecule has 0 aliphatic rings. The van der Waals surface area contributed by atoms with Crippen LogP contribution in [0.25, 0.3) is 0 Å². The van der Waals surface area contributed by atoms with Gasteiger partial charge in [-0.15, -0.1) is 0 Å². The molecule has 0 fully saturated rings. The Balaban J connectivity index is 2.20. The molecule has 0 bridgehead atoms. The van der Waals surface area contributed by atoms with Crippen LogP contribution in [0.1, 0.15) is 16.1 Å². The quantitative estimate of drug-likeness (QED) is 0.926. The summed E-state index contributed by atoms with van der Waals surface area (Å²) in [7, 11) is 4.90. The van der Waals surface area contributed by atoms with Crippen LogP contribution in [0.2, 0.25) is 0 Å². The van der Waals surface area contributed by atoms with E-state index in [-0.39, 0.29) is 5.91 Å². The van der Waals surface area contributed by atoms with Gasteiger partial charge < -0.3 is 14.8 Å². The lowest BCUT2D eigenvalue weighted by Gasteiger charge is -2.09. The molecule has 106 valence electrons. The van der Waals surface area contributed by atoms with Gasteiger partial charge in [-0.2, -0.15) is 5.10 Å². The summed E-state index contributed by atoms with van der Waals surface area (Å²) in [5.74, 6) is 1.36. The molecule has 2 aromatic rings. The highest BCUT2D eigenvalue weighted by atomic mass is 16.5. The first-order valence-corrected chi connectivity index (χ1v) is 6.09. The van der Waals surface area contributed by atoms with Crippen LogP contribution in [0.4, 0.5) is 5.82 Å². The third-order valence-corrected chi connectivity index (χ3v) is 3.00. The third-order valence-electron chi connectivity index (χ3n) is 3.00. The summed E-state index contributed by atoms with van der Waals surface area (Å²) >= 11 is 0. The molecule has 1 heterocycles. The number of nitrogens with zero attached hydrogens (tertiary/aromatic N) is 2. The van der Waals surface area contributed by atoms with Crippen molar-refractivity contribution in [1.82, 2.24) is 9.78 Å². The van der Waals surface area contributed by atoms with E-state index in [1.54, 1.807) is 36.1 Å². The predicted octanol–water partition coefficient (Wildman–Crippen LogP) is 2.00. The Kier molecular flexibility index (Phi) is 3.93. The van der Waals surface area contributed by atoms with Gasteiger partial charge in [0.25, 0.3) is 5.91 Å². The molecular formula is C14H17N3O3. The first-order chi connectivity index (χ1) is 9.55. The maximum absolute atomic E-state index is 12.1. The lowest BCUT2D eigenvalue weighted by atomic mass is 10.2. The van der Waals surface area contributed by atoms with Crippen molar-refractivity contribution in [3.8, 4) is 11.5 Å². The molecule has 1 aromatic carbocycles. The molecule has 0 saturated heterocycles. The van der Waals surface area contributed by atoms with E-state index in [9.17, 15) is 4.79 Å². The van der Waals surface area contributed by atoms with Crippen LogP contribution in [-0.2, 0) is 7.05 Å². The summed E-state index contributed by atoms with van der Waals surface area (Å²) in [5.41, 5.74) is 1.44. The third kappa shape index (κ3) is 2.74. The monoisotopic (exact) mass is 275 g/mol. The van der Waals surface area contributed by atoms with Gasteiger partial charge in [0.2, 0.25) is 0 Å². The number of anilines is 1. The first kappa shape index (κ1) is 13.9. The van der Waals surface area contributed by atoms with Gasteiger partial charge in [-0.3, -0.25) is 9.48 Å². The van der Waals surface area contributed by atoms with Gasteiger partial charge in [-0.05, 0) is 25.1 Å². The number of ether oxygens (including phenoxy) is 2. The Hall–Kier alpha value is -2.50. The van der Waals surface area contributed by atoms with Gasteiger partial charge >= 0.3 is 0 Å². The average molecular weight is 275 g/mol. The van der Waals surface area contributed by atoms with Crippen LogP contribution in [0.5, 0.6) is 11.5 Å². The van der Waals surface area contributed by atoms with Crippen molar-refractivity contribution >= 4 is 11.7 Å². The molecule has 0 saturated carbocycles. The van der Waals surface area contributed by atoms with Crippen molar-refractivity contribution in [2.24, 2.45) is 7.05 Å². The van der Waals surface area contributed by atoms with E-state index >= 15 is 0 Å².